The van der Waals surface area contributed by atoms with Crippen molar-refractivity contribution in [1.82, 2.24) is 14.8 Å². The number of nitrogens with one attached hydrogen (secondary N) is 1. The Morgan fingerprint density at radius 2 is 1.58 bits per heavy atom. The maximum atomic E-state index is 13.0. The lowest BCUT2D eigenvalue weighted by Gasteiger charge is -2.10. The number of benzene rings is 2. The quantitative estimate of drug-likeness (QED) is 0.468. The standard InChI is InChI=1S/C24H20N4O5/c1-14-19(13-25-28(14)21-9-8-15-6-4-5-7-20(15)27-21)22(29)26-18-11-16(23(30)32-2)10-17(12-18)24(31)33-3/h4-13H,1-3H3,(H,26,29). The molecule has 2 aromatic carbocycles. The smallest absolute Gasteiger partial charge is 0.337 e. The van der Waals surface area contributed by atoms with E-state index in [9.17, 15) is 14.4 Å². The number of carbonyl (C=O) groups is 3. The minimum Gasteiger partial charge on any atom is -0.465 e. The molecule has 0 bridgehead atoms. The molecule has 33 heavy (non-hydrogen) atoms. The van der Waals surface area contributed by atoms with Crippen LogP contribution in [0.15, 0.2) is 60.8 Å². The van der Waals surface area contributed by atoms with Gasteiger partial charge in [-0.05, 0) is 43.3 Å². The van der Waals surface area contributed by atoms with Crippen LogP contribution >= 0.6 is 0 Å². The van der Waals surface area contributed by atoms with Gasteiger partial charge in [0, 0.05) is 11.1 Å². The van der Waals surface area contributed by atoms with Gasteiger partial charge in [0.2, 0.25) is 0 Å². The van der Waals surface area contributed by atoms with Crippen LogP contribution in [0.4, 0.5) is 5.69 Å². The third-order valence-corrected chi connectivity index (χ3v) is 5.09. The molecule has 2 aromatic heterocycles. The molecular formula is C24H20N4O5. The van der Waals surface area contributed by atoms with Crippen LogP contribution in [0.2, 0.25) is 0 Å². The minimum absolute atomic E-state index is 0.100. The maximum absolute atomic E-state index is 13.0. The van der Waals surface area contributed by atoms with E-state index in [0.29, 0.717) is 17.1 Å². The number of anilines is 1. The van der Waals surface area contributed by atoms with Gasteiger partial charge in [-0.25, -0.2) is 19.3 Å². The average Bonchev–Trinajstić information content (AvgIpc) is 3.23. The van der Waals surface area contributed by atoms with E-state index in [4.69, 9.17) is 9.47 Å². The lowest BCUT2D eigenvalue weighted by atomic mass is 10.1. The number of fused-ring (bicyclic) bond motifs is 1. The highest BCUT2D eigenvalue weighted by molar-refractivity contribution is 6.06. The summed E-state index contributed by atoms with van der Waals surface area (Å²) >= 11 is 0. The lowest BCUT2D eigenvalue weighted by Crippen LogP contribution is -2.15. The number of methoxy groups -OCH3 is 2. The number of pyridine rings is 1. The monoisotopic (exact) mass is 444 g/mol. The van der Waals surface area contributed by atoms with Gasteiger partial charge in [0.25, 0.3) is 5.91 Å². The second kappa shape index (κ2) is 8.91. The van der Waals surface area contributed by atoms with Gasteiger partial charge >= 0.3 is 11.9 Å². The molecule has 0 aliphatic rings. The van der Waals surface area contributed by atoms with E-state index in [-0.39, 0.29) is 16.8 Å². The number of aromatic nitrogens is 3. The van der Waals surface area contributed by atoms with Crippen LogP contribution in [0.25, 0.3) is 16.7 Å². The molecule has 0 saturated carbocycles. The summed E-state index contributed by atoms with van der Waals surface area (Å²) in [5.74, 6) is -1.19. The molecule has 1 N–H and O–H groups in total. The van der Waals surface area contributed by atoms with E-state index in [1.807, 2.05) is 36.4 Å². The van der Waals surface area contributed by atoms with Crippen LogP contribution in [-0.4, -0.2) is 46.8 Å². The Morgan fingerprint density at radius 1 is 0.909 bits per heavy atom. The number of hydrogen-bond donors (Lipinski definition) is 1. The molecule has 0 fully saturated rings. The van der Waals surface area contributed by atoms with Crippen molar-refractivity contribution in [2.45, 2.75) is 6.92 Å². The number of nitrogens with zero attached hydrogens (tertiary/aromatic N) is 3. The molecule has 2 heterocycles. The van der Waals surface area contributed by atoms with Gasteiger partial charge in [-0.1, -0.05) is 18.2 Å². The molecule has 0 aliphatic heterocycles. The summed E-state index contributed by atoms with van der Waals surface area (Å²) in [7, 11) is 2.45. The Kier molecular flexibility index (Phi) is 5.86. The molecule has 4 aromatic rings. The Hall–Kier alpha value is -4.53. The van der Waals surface area contributed by atoms with Crippen LogP contribution in [0.1, 0.15) is 36.8 Å². The summed E-state index contributed by atoms with van der Waals surface area (Å²) in [5, 5.41) is 8.02. The average molecular weight is 444 g/mol. The second-order valence-corrected chi connectivity index (χ2v) is 7.15. The first-order chi connectivity index (χ1) is 15.9. The molecule has 166 valence electrons. The Morgan fingerprint density at radius 3 is 2.24 bits per heavy atom. The van der Waals surface area contributed by atoms with E-state index in [1.165, 1.54) is 38.6 Å². The van der Waals surface area contributed by atoms with Gasteiger partial charge in [-0.15, -0.1) is 0 Å². The predicted octanol–water partition coefficient (Wildman–Crippen LogP) is 3.55. The summed E-state index contributed by atoms with van der Waals surface area (Å²) in [5.41, 5.74) is 2.14. The fourth-order valence-electron chi connectivity index (χ4n) is 3.41. The van der Waals surface area contributed by atoms with E-state index < -0.39 is 17.8 Å². The molecule has 1 amide bonds. The van der Waals surface area contributed by atoms with Crippen molar-refractivity contribution in [3.63, 3.8) is 0 Å². The third-order valence-electron chi connectivity index (χ3n) is 5.09. The summed E-state index contributed by atoms with van der Waals surface area (Å²) < 4.78 is 11.0. The number of amides is 1. The summed E-state index contributed by atoms with van der Waals surface area (Å²) in [6, 6.07) is 15.6. The van der Waals surface area contributed by atoms with Crippen molar-refractivity contribution < 1.29 is 23.9 Å². The molecule has 9 nitrogen and oxygen atoms in total. The zero-order valence-corrected chi connectivity index (χ0v) is 18.2. The van der Waals surface area contributed by atoms with E-state index in [0.717, 1.165) is 10.9 Å². The molecular weight excluding hydrogens is 424 g/mol. The van der Waals surface area contributed by atoms with Crippen LogP contribution < -0.4 is 5.32 Å². The van der Waals surface area contributed by atoms with Gasteiger partial charge in [0.05, 0.1) is 48.3 Å². The third kappa shape index (κ3) is 4.29. The van der Waals surface area contributed by atoms with Crippen LogP contribution in [0, 0.1) is 6.92 Å². The van der Waals surface area contributed by atoms with Gasteiger partial charge in [-0.2, -0.15) is 5.10 Å². The van der Waals surface area contributed by atoms with Gasteiger partial charge < -0.3 is 14.8 Å². The molecule has 9 heteroatoms. The number of rotatable bonds is 5. The summed E-state index contributed by atoms with van der Waals surface area (Å²) in [6.07, 6.45) is 1.44. The molecule has 4 rings (SSSR count). The molecule has 0 spiro atoms. The first kappa shape index (κ1) is 21.7. The SMILES string of the molecule is COC(=O)c1cc(NC(=O)c2cnn(-c3ccc4ccccc4n3)c2C)cc(C(=O)OC)c1. The summed E-state index contributed by atoms with van der Waals surface area (Å²) in [4.78, 5) is 41.6. The van der Waals surface area contributed by atoms with Gasteiger partial charge in [0.1, 0.15) is 0 Å². The van der Waals surface area contributed by atoms with Crippen LogP contribution in [-0.2, 0) is 9.47 Å². The first-order valence-electron chi connectivity index (χ1n) is 9.95. The molecule has 0 unspecified atom stereocenters. The van der Waals surface area contributed by atoms with Crippen molar-refractivity contribution in [3.05, 3.63) is 83.2 Å². The zero-order valence-electron chi connectivity index (χ0n) is 18.2. The van der Waals surface area contributed by atoms with E-state index in [1.54, 1.807) is 11.6 Å². The number of hydrogen-bond acceptors (Lipinski definition) is 7. The lowest BCUT2D eigenvalue weighted by molar-refractivity contribution is 0.0599. The Balaban J connectivity index is 1.65. The van der Waals surface area contributed by atoms with E-state index in [2.05, 4.69) is 15.4 Å². The van der Waals surface area contributed by atoms with Crippen molar-refractivity contribution in [1.29, 1.82) is 0 Å². The highest BCUT2D eigenvalue weighted by Crippen LogP contribution is 2.20. The minimum atomic E-state index is -0.650. The van der Waals surface area contributed by atoms with Crippen LogP contribution in [0.5, 0.6) is 0 Å². The predicted molar refractivity (Wildman–Crippen MR) is 121 cm³/mol. The Labute approximate surface area is 189 Å². The number of para-hydroxylation sites is 1. The van der Waals surface area contributed by atoms with Gasteiger partial charge in [0.15, 0.2) is 5.82 Å². The van der Waals surface area contributed by atoms with Crippen molar-refractivity contribution in [2.75, 3.05) is 19.5 Å². The highest BCUT2D eigenvalue weighted by atomic mass is 16.5. The van der Waals surface area contributed by atoms with Crippen molar-refractivity contribution in [3.8, 4) is 5.82 Å². The fraction of sp³-hybridized carbons (Fsp3) is 0.125. The van der Waals surface area contributed by atoms with E-state index >= 15 is 0 Å². The fourth-order valence-corrected chi connectivity index (χ4v) is 3.41. The molecule has 0 atom stereocenters. The highest BCUT2D eigenvalue weighted by Gasteiger charge is 2.19. The Bertz CT molecular complexity index is 1360. The normalized spacial score (nSPS) is 10.6. The first-order valence-corrected chi connectivity index (χ1v) is 9.95. The number of ether oxygens (including phenoxy) is 2. The number of esters is 2. The van der Waals surface area contributed by atoms with Crippen molar-refractivity contribution >= 4 is 34.4 Å². The second-order valence-electron chi connectivity index (χ2n) is 7.15. The molecule has 0 aliphatic carbocycles. The zero-order chi connectivity index (χ0) is 23.5. The molecule has 0 radical (unpaired) electrons. The largest absolute Gasteiger partial charge is 0.465 e. The number of carbonyl (C=O) groups excluding carboxylic acids is 3. The topological polar surface area (TPSA) is 112 Å². The molecule has 0 saturated heterocycles. The maximum Gasteiger partial charge on any atom is 0.337 e. The summed E-state index contributed by atoms with van der Waals surface area (Å²) in [6.45, 7) is 1.75. The van der Waals surface area contributed by atoms with Gasteiger partial charge in [-0.3, -0.25) is 4.79 Å². The van der Waals surface area contributed by atoms with Crippen molar-refractivity contribution in [2.24, 2.45) is 0 Å². The van der Waals surface area contributed by atoms with Crippen LogP contribution in [0.3, 0.4) is 0 Å².